The molecule has 0 N–H and O–H groups in total. The minimum atomic E-state index is -0.639. The summed E-state index contributed by atoms with van der Waals surface area (Å²) >= 11 is 3.29. The van der Waals surface area contributed by atoms with Gasteiger partial charge in [0.1, 0.15) is 0 Å². The van der Waals surface area contributed by atoms with Gasteiger partial charge in [-0.05, 0) is 18.2 Å². The third kappa shape index (κ3) is 2.31. The molecule has 98 valence electrons. The predicted molar refractivity (Wildman–Crippen MR) is 72.3 cm³/mol. The van der Waals surface area contributed by atoms with Gasteiger partial charge in [-0.25, -0.2) is 9.69 Å². The molecule has 5 nitrogen and oxygen atoms in total. The Morgan fingerprint density at radius 2 is 2.05 bits per heavy atom. The third-order valence-corrected chi connectivity index (χ3v) is 3.19. The average molecular weight is 324 g/mol. The highest BCUT2D eigenvalue weighted by molar-refractivity contribution is 9.10. The number of ether oxygens (including phenoxy) is 1. The fraction of sp³-hybridized carbons (Fsp3) is 0.154. The summed E-state index contributed by atoms with van der Waals surface area (Å²) < 4.78 is 5.27. The number of nitrogens with zero attached hydrogens (tertiary/aromatic N) is 1. The van der Waals surface area contributed by atoms with Crippen LogP contribution in [0, 0.1) is 0 Å². The summed E-state index contributed by atoms with van der Waals surface area (Å²) in [6.45, 7) is 1.30. The van der Waals surface area contributed by atoms with Crippen LogP contribution in [0.25, 0.3) is 5.57 Å². The van der Waals surface area contributed by atoms with Crippen LogP contribution >= 0.6 is 15.9 Å². The molecule has 1 aromatic carbocycles. The lowest BCUT2D eigenvalue weighted by Gasteiger charge is -2.11. The van der Waals surface area contributed by atoms with Gasteiger partial charge >= 0.3 is 5.97 Å². The minimum Gasteiger partial charge on any atom is -0.466 e. The monoisotopic (exact) mass is 323 g/mol. The van der Waals surface area contributed by atoms with Crippen LogP contribution in [0.1, 0.15) is 12.5 Å². The quantitative estimate of drug-likeness (QED) is 0.585. The maximum Gasteiger partial charge on any atom is 0.331 e. The fourth-order valence-corrected chi connectivity index (χ4v) is 2.25. The van der Waals surface area contributed by atoms with E-state index in [1.165, 1.54) is 14.0 Å². The molecule has 0 unspecified atom stereocenters. The fourth-order valence-electron chi connectivity index (χ4n) is 1.89. The number of benzene rings is 1. The summed E-state index contributed by atoms with van der Waals surface area (Å²) in [5.41, 5.74) is 1.15. The summed E-state index contributed by atoms with van der Waals surface area (Å²) in [5, 5.41) is 0. The van der Waals surface area contributed by atoms with Gasteiger partial charge in [0.2, 0.25) is 5.91 Å². The van der Waals surface area contributed by atoms with Crippen LogP contribution in [0.3, 0.4) is 0 Å². The van der Waals surface area contributed by atoms with Crippen molar-refractivity contribution in [3.05, 3.63) is 34.3 Å². The molecule has 0 bridgehead atoms. The van der Waals surface area contributed by atoms with Crippen LogP contribution in [-0.2, 0) is 19.1 Å². The Bertz CT molecular complexity index is 621. The van der Waals surface area contributed by atoms with Crippen molar-refractivity contribution in [1.82, 2.24) is 0 Å². The largest absolute Gasteiger partial charge is 0.466 e. The molecule has 0 fully saturated rings. The number of esters is 1. The maximum atomic E-state index is 12.2. The lowest BCUT2D eigenvalue weighted by Crippen LogP contribution is -2.31. The summed E-state index contributed by atoms with van der Waals surface area (Å²) in [5.74, 6) is -1.56. The first-order valence-electron chi connectivity index (χ1n) is 5.40. The van der Waals surface area contributed by atoms with Gasteiger partial charge in [-0.15, -0.1) is 0 Å². The Morgan fingerprint density at radius 1 is 1.37 bits per heavy atom. The number of methoxy groups -OCH3 is 1. The van der Waals surface area contributed by atoms with E-state index in [2.05, 4.69) is 20.7 Å². The summed E-state index contributed by atoms with van der Waals surface area (Å²) in [6.07, 6.45) is 1.09. The molecule has 2 rings (SSSR count). The van der Waals surface area contributed by atoms with Crippen molar-refractivity contribution in [2.75, 3.05) is 12.0 Å². The number of hydrogen-bond donors (Lipinski definition) is 0. The number of anilines is 1. The summed E-state index contributed by atoms with van der Waals surface area (Å²) in [7, 11) is 1.23. The SMILES string of the molecule is COC(=O)/C=C1/C(=O)N(C(C)=O)c2ccc(Br)cc21. The first-order chi connectivity index (χ1) is 8.95. The van der Waals surface area contributed by atoms with Crippen LogP contribution in [0.2, 0.25) is 0 Å². The summed E-state index contributed by atoms with van der Waals surface area (Å²) in [4.78, 5) is 36.1. The zero-order valence-corrected chi connectivity index (χ0v) is 11.9. The van der Waals surface area contributed by atoms with Crippen molar-refractivity contribution in [2.45, 2.75) is 6.92 Å². The molecule has 0 atom stereocenters. The van der Waals surface area contributed by atoms with Crippen LogP contribution in [0.15, 0.2) is 28.7 Å². The highest BCUT2D eigenvalue weighted by Crippen LogP contribution is 2.38. The van der Waals surface area contributed by atoms with Crippen molar-refractivity contribution in [1.29, 1.82) is 0 Å². The minimum absolute atomic E-state index is 0.151. The van der Waals surface area contributed by atoms with Gasteiger partial charge in [0.15, 0.2) is 0 Å². The van der Waals surface area contributed by atoms with E-state index in [0.29, 0.717) is 11.3 Å². The van der Waals surface area contributed by atoms with Crippen molar-refractivity contribution in [3.8, 4) is 0 Å². The van der Waals surface area contributed by atoms with Gasteiger partial charge in [0.25, 0.3) is 5.91 Å². The second-order valence-electron chi connectivity index (χ2n) is 3.90. The Balaban J connectivity index is 2.63. The van der Waals surface area contributed by atoms with E-state index in [1.807, 2.05) is 0 Å². The van der Waals surface area contributed by atoms with E-state index < -0.39 is 17.8 Å². The molecule has 1 aliphatic rings. The Morgan fingerprint density at radius 3 is 2.63 bits per heavy atom. The van der Waals surface area contributed by atoms with Gasteiger partial charge in [-0.3, -0.25) is 9.59 Å². The second-order valence-corrected chi connectivity index (χ2v) is 4.82. The number of halogens is 1. The number of carbonyl (C=O) groups excluding carboxylic acids is 3. The lowest BCUT2D eigenvalue weighted by molar-refractivity contribution is -0.135. The smallest absolute Gasteiger partial charge is 0.331 e. The van der Waals surface area contributed by atoms with E-state index >= 15 is 0 Å². The molecule has 6 heteroatoms. The highest BCUT2D eigenvalue weighted by atomic mass is 79.9. The van der Waals surface area contributed by atoms with Crippen molar-refractivity contribution in [3.63, 3.8) is 0 Å². The van der Waals surface area contributed by atoms with Gasteiger partial charge in [-0.2, -0.15) is 0 Å². The molecule has 0 radical (unpaired) electrons. The zero-order chi connectivity index (χ0) is 14.2. The molecule has 0 saturated carbocycles. The van der Waals surface area contributed by atoms with Crippen LogP contribution in [0.4, 0.5) is 5.69 Å². The van der Waals surface area contributed by atoms with Crippen LogP contribution in [-0.4, -0.2) is 24.9 Å². The van der Waals surface area contributed by atoms with Crippen LogP contribution in [0.5, 0.6) is 0 Å². The van der Waals surface area contributed by atoms with Crippen molar-refractivity contribution in [2.24, 2.45) is 0 Å². The molecular weight excluding hydrogens is 314 g/mol. The number of hydrogen-bond acceptors (Lipinski definition) is 4. The van der Waals surface area contributed by atoms with E-state index in [4.69, 9.17) is 0 Å². The molecule has 1 aromatic rings. The van der Waals surface area contributed by atoms with Gasteiger partial charge in [-0.1, -0.05) is 15.9 Å². The Hall–Kier alpha value is -1.95. The van der Waals surface area contributed by atoms with Gasteiger partial charge < -0.3 is 4.74 Å². The van der Waals surface area contributed by atoms with E-state index in [-0.39, 0.29) is 5.57 Å². The molecule has 0 saturated heterocycles. The average Bonchev–Trinajstić information content (AvgIpc) is 2.62. The lowest BCUT2D eigenvalue weighted by atomic mass is 10.1. The molecule has 19 heavy (non-hydrogen) atoms. The number of fused-ring (bicyclic) bond motifs is 1. The zero-order valence-electron chi connectivity index (χ0n) is 10.3. The highest BCUT2D eigenvalue weighted by Gasteiger charge is 2.35. The van der Waals surface area contributed by atoms with Gasteiger partial charge in [0, 0.05) is 23.0 Å². The van der Waals surface area contributed by atoms with Crippen molar-refractivity contribution < 1.29 is 19.1 Å². The molecule has 1 heterocycles. The maximum absolute atomic E-state index is 12.2. The molecule has 0 aliphatic carbocycles. The van der Waals surface area contributed by atoms with E-state index in [0.717, 1.165) is 15.4 Å². The number of carbonyl (C=O) groups is 3. The Labute approximate surface area is 118 Å². The predicted octanol–water partition coefficient (Wildman–Crippen LogP) is 1.90. The summed E-state index contributed by atoms with van der Waals surface area (Å²) in [6, 6.07) is 5.06. The number of imide groups is 1. The molecule has 0 spiro atoms. The molecule has 0 aromatic heterocycles. The van der Waals surface area contributed by atoms with Crippen LogP contribution < -0.4 is 4.90 Å². The first-order valence-corrected chi connectivity index (χ1v) is 6.19. The van der Waals surface area contributed by atoms with E-state index in [1.54, 1.807) is 18.2 Å². The van der Waals surface area contributed by atoms with Crippen molar-refractivity contribution >= 4 is 45.0 Å². The molecule has 1 aliphatic heterocycles. The standard InChI is InChI=1S/C13H10BrNO4/c1-7(16)15-11-4-3-8(14)5-9(11)10(13(15)18)6-12(17)19-2/h3-6H,1-2H3/b10-6+. The normalized spacial score (nSPS) is 15.6. The topological polar surface area (TPSA) is 63.7 Å². The second kappa shape index (κ2) is 4.97. The number of amides is 2. The van der Waals surface area contributed by atoms with Gasteiger partial charge in [0.05, 0.1) is 18.4 Å². The molecular formula is C13H10BrNO4. The number of rotatable bonds is 1. The molecule has 2 amide bonds. The Kier molecular flexibility index (Phi) is 3.53. The first kappa shape index (κ1) is 13.5. The third-order valence-electron chi connectivity index (χ3n) is 2.70. The van der Waals surface area contributed by atoms with E-state index in [9.17, 15) is 14.4 Å².